The van der Waals surface area contributed by atoms with E-state index in [-0.39, 0.29) is 5.56 Å². The fraction of sp³-hybridized carbons (Fsp3) is 0.417. The first-order chi connectivity index (χ1) is 7.58. The molecule has 0 bridgehead atoms. The number of aromatic carboxylic acids is 1. The number of carboxylic acid groups (broad SMARTS) is 1. The van der Waals surface area contributed by atoms with Gasteiger partial charge in [-0.05, 0) is 42.5 Å². The van der Waals surface area contributed by atoms with E-state index in [4.69, 9.17) is 5.11 Å². The molecule has 1 aromatic rings. The van der Waals surface area contributed by atoms with Crippen molar-refractivity contribution >= 4 is 5.97 Å². The minimum Gasteiger partial charge on any atom is -0.478 e. The van der Waals surface area contributed by atoms with E-state index in [1.807, 2.05) is 0 Å². The number of fused-ring (bicyclic) bond motifs is 1. The topological polar surface area (TPSA) is 37.3 Å². The van der Waals surface area contributed by atoms with Crippen molar-refractivity contribution < 1.29 is 18.7 Å². The fourth-order valence-corrected chi connectivity index (χ4v) is 2.13. The SMILES string of the molecule is O=C(O)c1ccc2c(c1)CCC(C(F)F)C2. The number of alkyl halides is 2. The third-order valence-electron chi connectivity index (χ3n) is 3.08. The minimum absolute atomic E-state index is 0.231. The summed E-state index contributed by atoms with van der Waals surface area (Å²) in [5, 5.41) is 8.81. The van der Waals surface area contributed by atoms with Crippen LogP contribution in [0.25, 0.3) is 0 Å². The van der Waals surface area contributed by atoms with E-state index < -0.39 is 18.3 Å². The van der Waals surface area contributed by atoms with E-state index in [1.54, 1.807) is 12.1 Å². The summed E-state index contributed by atoms with van der Waals surface area (Å²) in [4.78, 5) is 10.7. The molecule has 1 aliphatic rings. The van der Waals surface area contributed by atoms with Gasteiger partial charge in [0.25, 0.3) is 0 Å². The van der Waals surface area contributed by atoms with E-state index in [0.29, 0.717) is 19.3 Å². The second-order valence-electron chi connectivity index (χ2n) is 4.13. The second-order valence-corrected chi connectivity index (χ2v) is 4.13. The van der Waals surface area contributed by atoms with Crippen LogP contribution in [-0.2, 0) is 12.8 Å². The van der Waals surface area contributed by atoms with Crippen molar-refractivity contribution in [3.8, 4) is 0 Å². The Morgan fingerprint density at radius 2 is 2.12 bits per heavy atom. The standard InChI is InChI=1S/C12H12F2O2/c13-11(14)9-3-1-8-6-10(12(15)16)4-2-7(8)5-9/h2,4,6,9,11H,1,3,5H2,(H,15,16). The second kappa shape index (κ2) is 4.20. The van der Waals surface area contributed by atoms with Crippen molar-refractivity contribution in [1.82, 2.24) is 0 Å². The highest BCUT2D eigenvalue weighted by Gasteiger charge is 2.26. The minimum atomic E-state index is -2.28. The normalized spacial score (nSPS) is 19.6. The van der Waals surface area contributed by atoms with Crippen LogP contribution in [0.15, 0.2) is 18.2 Å². The third kappa shape index (κ3) is 2.05. The first-order valence-electron chi connectivity index (χ1n) is 5.21. The van der Waals surface area contributed by atoms with E-state index in [0.717, 1.165) is 11.1 Å². The monoisotopic (exact) mass is 226 g/mol. The van der Waals surface area contributed by atoms with Crippen LogP contribution in [0, 0.1) is 5.92 Å². The van der Waals surface area contributed by atoms with Crippen molar-refractivity contribution in [2.75, 3.05) is 0 Å². The number of benzene rings is 1. The van der Waals surface area contributed by atoms with E-state index in [9.17, 15) is 13.6 Å². The third-order valence-corrected chi connectivity index (χ3v) is 3.08. The van der Waals surface area contributed by atoms with Gasteiger partial charge in [-0.1, -0.05) is 6.07 Å². The molecule has 1 unspecified atom stereocenters. The average molecular weight is 226 g/mol. The van der Waals surface area contributed by atoms with E-state index in [1.165, 1.54) is 6.07 Å². The zero-order valence-electron chi connectivity index (χ0n) is 8.62. The highest BCUT2D eigenvalue weighted by molar-refractivity contribution is 5.87. The molecule has 2 rings (SSSR count). The number of carbonyl (C=O) groups is 1. The number of hydrogen-bond donors (Lipinski definition) is 1. The summed E-state index contributed by atoms with van der Waals surface area (Å²) >= 11 is 0. The van der Waals surface area contributed by atoms with Crippen molar-refractivity contribution in [2.24, 2.45) is 5.92 Å². The first kappa shape index (κ1) is 11.0. The highest BCUT2D eigenvalue weighted by Crippen LogP contribution is 2.29. The van der Waals surface area contributed by atoms with Gasteiger partial charge in [0, 0.05) is 5.92 Å². The van der Waals surface area contributed by atoms with Gasteiger partial charge < -0.3 is 5.11 Å². The molecule has 86 valence electrons. The molecule has 0 aromatic heterocycles. The first-order valence-corrected chi connectivity index (χ1v) is 5.21. The fourth-order valence-electron chi connectivity index (χ4n) is 2.13. The molecule has 0 fully saturated rings. The maximum atomic E-state index is 12.5. The van der Waals surface area contributed by atoms with Crippen molar-refractivity contribution in [3.63, 3.8) is 0 Å². The van der Waals surface area contributed by atoms with Crippen molar-refractivity contribution in [2.45, 2.75) is 25.7 Å². The highest BCUT2D eigenvalue weighted by atomic mass is 19.3. The summed E-state index contributed by atoms with van der Waals surface area (Å²) in [6.45, 7) is 0. The Balaban J connectivity index is 2.25. The van der Waals surface area contributed by atoms with Crippen LogP contribution in [0.2, 0.25) is 0 Å². The molecule has 0 spiro atoms. The Labute approximate surface area is 91.9 Å². The Morgan fingerprint density at radius 1 is 1.38 bits per heavy atom. The van der Waals surface area contributed by atoms with Gasteiger partial charge >= 0.3 is 5.97 Å². The van der Waals surface area contributed by atoms with Gasteiger partial charge in [0.15, 0.2) is 0 Å². The number of carboxylic acids is 1. The molecule has 4 heteroatoms. The Hall–Kier alpha value is -1.45. The maximum absolute atomic E-state index is 12.5. The molecule has 1 N–H and O–H groups in total. The molecule has 1 aliphatic carbocycles. The summed E-state index contributed by atoms with van der Waals surface area (Å²) < 4.78 is 25.1. The van der Waals surface area contributed by atoms with Crippen molar-refractivity contribution in [3.05, 3.63) is 34.9 Å². The van der Waals surface area contributed by atoms with Gasteiger partial charge in [0.2, 0.25) is 6.43 Å². The predicted octanol–water partition coefficient (Wildman–Crippen LogP) is 2.75. The van der Waals surface area contributed by atoms with Crippen LogP contribution in [-0.4, -0.2) is 17.5 Å². The smallest absolute Gasteiger partial charge is 0.335 e. The molecule has 0 saturated heterocycles. The van der Waals surface area contributed by atoms with Crippen LogP contribution >= 0.6 is 0 Å². The van der Waals surface area contributed by atoms with Gasteiger partial charge in [0.05, 0.1) is 5.56 Å². The Morgan fingerprint density at radius 3 is 2.75 bits per heavy atom. The molecule has 0 heterocycles. The van der Waals surface area contributed by atoms with Crippen LogP contribution < -0.4 is 0 Å². The lowest BCUT2D eigenvalue weighted by molar-refractivity contribution is 0.0680. The largest absolute Gasteiger partial charge is 0.478 e. The molecule has 0 saturated carbocycles. The Kier molecular flexibility index (Phi) is 2.90. The van der Waals surface area contributed by atoms with Gasteiger partial charge in [0.1, 0.15) is 0 Å². The average Bonchev–Trinajstić information content (AvgIpc) is 2.27. The predicted molar refractivity (Wildman–Crippen MR) is 54.9 cm³/mol. The molecule has 16 heavy (non-hydrogen) atoms. The number of rotatable bonds is 2. The number of hydrogen-bond acceptors (Lipinski definition) is 1. The molecule has 0 aliphatic heterocycles. The molecular formula is C12H12F2O2. The van der Waals surface area contributed by atoms with Gasteiger partial charge in [-0.2, -0.15) is 0 Å². The summed E-state index contributed by atoms with van der Waals surface area (Å²) in [5.74, 6) is -1.55. The lowest BCUT2D eigenvalue weighted by Gasteiger charge is -2.24. The van der Waals surface area contributed by atoms with Gasteiger partial charge in [-0.25, -0.2) is 13.6 Å². The van der Waals surface area contributed by atoms with E-state index >= 15 is 0 Å². The lowest BCUT2D eigenvalue weighted by Crippen LogP contribution is -2.21. The molecule has 1 aromatic carbocycles. The summed E-state index contributed by atoms with van der Waals surface area (Å²) in [5.41, 5.74) is 1.99. The molecule has 1 atom stereocenters. The zero-order valence-corrected chi connectivity index (χ0v) is 8.62. The van der Waals surface area contributed by atoms with Gasteiger partial charge in [-0.15, -0.1) is 0 Å². The number of halogens is 2. The number of aryl methyl sites for hydroxylation is 1. The molecule has 0 amide bonds. The van der Waals surface area contributed by atoms with Crippen LogP contribution in [0.4, 0.5) is 8.78 Å². The van der Waals surface area contributed by atoms with Crippen LogP contribution in [0.3, 0.4) is 0 Å². The van der Waals surface area contributed by atoms with Crippen LogP contribution in [0.1, 0.15) is 27.9 Å². The van der Waals surface area contributed by atoms with E-state index in [2.05, 4.69) is 0 Å². The summed E-state index contributed by atoms with van der Waals surface area (Å²) in [6.07, 6.45) is -0.946. The Bertz CT molecular complexity index is 415. The quantitative estimate of drug-likeness (QED) is 0.841. The van der Waals surface area contributed by atoms with Crippen molar-refractivity contribution in [1.29, 1.82) is 0 Å². The molecule has 0 radical (unpaired) electrons. The van der Waals surface area contributed by atoms with Gasteiger partial charge in [-0.3, -0.25) is 0 Å². The summed E-state index contributed by atoms with van der Waals surface area (Å²) in [7, 11) is 0. The lowest BCUT2D eigenvalue weighted by atomic mass is 9.83. The summed E-state index contributed by atoms with van der Waals surface area (Å²) in [6, 6.07) is 4.74. The maximum Gasteiger partial charge on any atom is 0.335 e. The molecule has 2 nitrogen and oxygen atoms in total. The van der Waals surface area contributed by atoms with Crippen LogP contribution in [0.5, 0.6) is 0 Å². The zero-order chi connectivity index (χ0) is 11.7. The molecular weight excluding hydrogens is 214 g/mol.